The summed E-state index contributed by atoms with van der Waals surface area (Å²) in [4.78, 5) is 26.5. The first kappa shape index (κ1) is 24.1. The largest absolute Gasteiger partial charge is 0.495 e. The summed E-state index contributed by atoms with van der Waals surface area (Å²) in [6.07, 6.45) is 7.27. The normalized spacial score (nSPS) is 23.8. The van der Waals surface area contributed by atoms with Crippen molar-refractivity contribution in [1.82, 2.24) is 14.8 Å². The third-order valence-corrected chi connectivity index (χ3v) is 8.25. The maximum absolute atomic E-state index is 13.3. The van der Waals surface area contributed by atoms with Crippen LogP contribution in [0.1, 0.15) is 64.0 Å². The zero-order valence-corrected chi connectivity index (χ0v) is 20.8. The number of ether oxygens (including phenoxy) is 2. The van der Waals surface area contributed by atoms with E-state index in [1.807, 2.05) is 36.6 Å². The van der Waals surface area contributed by atoms with E-state index in [9.17, 15) is 9.59 Å². The molecule has 178 valence electrons. The predicted octanol–water partition coefficient (Wildman–Crippen LogP) is 5.06. The molecule has 2 atom stereocenters. The molecule has 1 saturated heterocycles. The Kier molecular flexibility index (Phi) is 7.34. The number of benzene rings is 1. The molecule has 0 radical (unpaired) electrons. The first-order valence-corrected chi connectivity index (χ1v) is 12.7. The highest BCUT2D eigenvalue weighted by molar-refractivity contribution is 8.01. The van der Waals surface area contributed by atoms with Gasteiger partial charge in [0.2, 0.25) is 0 Å². The van der Waals surface area contributed by atoms with Crippen molar-refractivity contribution in [1.29, 1.82) is 0 Å². The van der Waals surface area contributed by atoms with Gasteiger partial charge in [0.05, 0.1) is 12.1 Å². The monoisotopic (exact) mass is 491 g/mol. The number of hydrogen-bond acceptors (Lipinski definition) is 7. The minimum atomic E-state index is -0.906. The van der Waals surface area contributed by atoms with Gasteiger partial charge in [0.15, 0.2) is 16.2 Å². The van der Waals surface area contributed by atoms with E-state index in [-0.39, 0.29) is 24.2 Å². The second-order valence-corrected chi connectivity index (χ2v) is 10.7. The van der Waals surface area contributed by atoms with Crippen LogP contribution in [0.25, 0.3) is 0 Å². The molecule has 1 aromatic carbocycles. The summed E-state index contributed by atoms with van der Waals surface area (Å²) in [6, 6.07) is 5.82. The van der Waals surface area contributed by atoms with Crippen LogP contribution in [-0.4, -0.2) is 44.5 Å². The molecule has 1 aliphatic heterocycles. The van der Waals surface area contributed by atoms with Crippen molar-refractivity contribution >= 4 is 35.1 Å². The van der Waals surface area contributed by atoms with Crippen LogP contribution in [0.15, 0.2) is 29.7 Å². The maximum Gasteiger partial charge on any atom is 0.327 e. The number of thioether (sulfide) groups is 1. The number of carbonyl (C=O) groups excluding carboxylic acids is 2. The van der Waals surface area contributed by atoms with Crippen LogP contribution in [-0.2, 0) is 20.7 Å². The summed E-state index contributed by atoms with van der Waals surface area (Å²) >= 11 is 7.44. The Hall–Kier alpha value is -2.06. The van der Waals surface area contributed by atoms with Crippen LogP contribution in [0.4, 0.5) is 0 Å². The summed E-state index contributed by atoms with van der Waals surface area (Å²) in [5, 5.41) is 8.25. The number of aromatic nitrogens is 3. The molecule has 33 heavy (non-hydrogen) atoms. The molecular weight excluding hydrogens is 462 g/mol. The number of ketones is 1. The van der Waals surface area contributed by atoms with Crippen LogP contribution in [0.2, 0.25) is 5.02 Å². The Balaban J connectivity index is 1.53. The van der Waals surface area contributed by atoms with Gasteiger partial charge in [0.1, 0.15) is 17.7 Å². The Morgan fingerprint density at radius 1 is 1.30 bits per heavy atom. The van der Waals surface area contributed by atoms with E-state index in [2.05, 4.69) is 10.2 Å². The molecule has 2 aromatic rings. The molecule has 0 amide bonds. The predicted molar refractivity (Wildman–Crippen MR) is 127 cm³/mol. The van der Waals surface area contributed by atoms with Crippen LogP contribution >= 0.6 is 23.4 Å². The average molecular weight is 492 g/mol. The number of hydrogen-bond donors (Lipinski definition) is 0. The zero-order chi connectivity index (χ0) is 23.6. The van der Waals surface area contributed by atoms with Crippen molar-refractivity contribution < 1.29 is 19.1 Å². The third kappa shape index (κ3) is 5.06. The van der Waals surface area contributed by atoms with Crippen LogP contribution < -0.4 is 4.74 Å². The number of esters is 1. The van der Waals surface area contributed by atoms with Gasteiger partial charge in [-0.3, -0.25) is 9.59 Å². The highest BCUT2D eigenvalue weighted by Gasteiger charge is 2.52. The van der Waals surface area contributed by atoms with Crippen molar-refractivity contribution in [3.8, 4) is 5.75 Å². The summed E-state index contributed by atoms with van der Waals surface area (Å²) in [6.45, 7) is 4.01. The number of methoxy groups -OCH3 is 1. The van der Waals surface area contributed by atoms with E-state index in [4.69, 9.17) is 21.1 Å². The molecular formula is C24H30ClN3O4S. The summed E-state index contributed by atoms with van der Waals surface area (Å²) in [7, 11) is 1.58. The molecule has 0 spiro atoms. The molecule has 2 heterocycles. The van der Waals surface area contributed by atoms with Gasteiger partial charge in [0, 0.05) is 12.5 Å². The molecule has 0 N–H and O–H groups in total. The minimum Gasteiger partial charge on any atom is -0.495 e. The Bertz CT molecular complexity index is 1000. The zero-order valence-electron chi connectivity index (χ0n) is 19.3. The lowest BCUT2D eigenvalue weighted by Crippen LogP contribution is -2.53. The summed E-state index contributed by atoms with van der Waals surface area (Å²) in [5.41, 5.74) is 0.267. The van der Waals surface area contributed by atoms with E-state index in [0.717, 1.165) is 43.0 Å². The smallest absolute Gasteiger partial charge is 0.327 e. The van der Waals surface area contributed by atoms with Crippen LogP contribution in [0.3, 0.4) is 0 Å². The average Bonchev–Trinajstić information content (AvgIpc) is 3.47. The number of carbonyl (C=O) groups is 2. The molecule has 1 aliphatic carbocycles. The highest BCUT2D eigenvalue weighted by Crippen LogP contribution is 2.46. The fourth-order valence-corrected chi connectivity index (χ4v) is 6.27. The van der Waals surface area contributed by atoms with E-state index < -0.39 is 16.8 Å². The number of halogens is 1. The lowest BCUT2D eigenvalue weighted by atomic mass is 9.76. The second-order valence-electron chi connectivity index (χ2n) is 9.19. The fraction of sp³-hybridized carbons (Fsp3) is 0.583. The summed E-state index contributed by atoms with van der Waals surface area (Å²) in [5.74, 6) is 0.270. The summed E-state index contributed by atoms with van der Waals surface area (Å²) < 4.78 is 13.3. The standard InChI is InChI=1S/C24H30ClN3O4S/c1-15(2)28-14-26-27-23(28)33-21-19(29)13-24(32-22(21)30,17-6-4-5-7-17)11-10-16-8-9-20(31-3)18(25)12-16/h8-9,12,14-15,17,21H,4-7,10-11,13H2,1-3H3. The number of Topliss-reactive ketones (excluding diaryl/α,β-unsaturated/α-hetero) is 1. The fourth-order valence-electron chi connectivity index (χ4n) is 4.94. The second kappa shape index (κ2) is 10.1. The van der Waals surface area contributed by atoms with Crippen molar-refractivity contribution in [3.05, 3.63) is 35.1 Å². The number of aryl methyl sites for hydroxylation is 1. The van der Waals surface area contributed by atoms with Gasteiger partial charge in [-0.1, -0.05) is 42.3 Å². The van der Waals surface area contributed by atoms with Crippen molar-refractivity contribution in [2.24, 2.45) is 5.92 Å². The maximum atomic E-state index is 13.3. The van der Waals surface area contributed by atoms with Crippen molar-refractivity contribution in [2.75, 3.05) is 7.11 Å². The van der Waals surface area contributed by atoms with E-state index in [0.29, 0.717) is 28.8 Å². The molecule has 0 bridgehead atoms. The Morgan fingerprint density at radius 2 is 2.06 bits per heavy atom. The minimum absolute atomic E-state index is 0.0887. The van der Waals surface area contributed by atoms with Gasteiger partial charge < -0.3 is 14.0 Å². The lowest BCUT2D eigenvalue weighted by molar-refractivity contribution is -0.177. The number of cyclic esters (lactones) is 1. The molecule has 2 aliphatic rings. The topological polar surface area (TPSA) is 83.3 Å². The van der Waals surface area contributed by atoms with E-state index >= 15 is 0 Å². The number of nitrogens with zero attached hydrogens (tertiary/aromatic N) is 3. The molecule has 1 saturated carbocycles. The molecule has 1 aromatic heterocycles. The van der Waals surface area contributed by atoms with Gasteiger partial charge in [0.25, 0.3) is 0 Å². The van der Waals surface area contributed by atoms with Gasteiger partial charge in [-0.25, -0.2) is 0 Å². The first-order chi connectivity index (χ1) is 15.8. The van der Waals surface area contributed by atoms with Crippen LogP contribution in [0.5, 0.6) is 5.75 Å². The van der Waals surface area contributed by atoms with Gasteiger partial charge in [-0.05, 0) is 63.1 Å². The molecule has 9 heteroatoms. The first-order valence-electron chi connectivity index (χ1n) is 11.5. The molecule has 7 nitrogen and oxygen atoms in total. The molecule has 2 unspecified atom stereocenters. The van der Waals surface area contributed by atoms with Crippen molar-refractivity contribution in [2.45, 2.75) is 80.8 Å². The molecule has 2 fully saturated rings. The Labute approximate surface area is 203 Å². The SMILES string of the molecule is COc1ccc(CCC2(C3CCCC3)CC(=O)C(Sc3nncn3C(C)C)C(=O)O2)cc1Cl. The van der Waals surface area contributed by atoms with Crippen molar-refractivity contribution in [3.63, 3.8) is 0 Å². The van der Waals surface area contributed by atoms with Crippen LogP contribution in [0, 0.1) is 5.92 Å². The highest BCUT2D eigenvalue weighted by atomic mass is 35.5. The van der Waals surface area contributed by atoms with Gasteiger partial charge in [-0.15, -0.1) is 10.2 Å². The van der Waals surface area contributed by atoms with E-state index in [1.54, 1.807) is 13.4 Å². The van der Waals surface area contributed by atoms with E-state index in [1.165, 1.54) is 0 Å². The third-order valence-electron chi connectivity index (χ3n) is 6.76. The Morgan fingerprint density at radius 3 is 2.70 bits per heavy atom. The number of rotatable bonds is 8. The molecule has 4 rings (SSSR count). The van der Waals surface area contributed by atoms with Gasteiger partial charge >= 0.3 is 5.97 Å². The quantitative estimate of drug-likeness (QED) is 0.377. The lowest BCUT2D eigenvalue weighted by Gasteiger charge is -2.42. The van der Waals surface area contributed by atoms with Gasteiger partial charge in [-0.2, -0.15) is 0 Å².